The summed E-state index contributed by atoms with van der Waals surface area (Å²) in [6.07, 6.45) is 1.25. The van der Waals surface area contributed by atoms with Gasteiger partial charge in [0.15, 0.2) is 5.96 Å². The summed E-state index contributed by atoms with van der Waals surface area (Å²) in [5.41, 5.74) is -0.766. The molecule has 1 atom stereocenters. The molecule has 3 rings (SSSR count). The van der Waals surface area contributed by atoms with Crippen molar-refractivity contribution in [3.8, 4) is 0 Å². The van der Waals surface area contributed by atoms with Crippen LogP contribution in [-0.2, 0) is 4.79 Å². The molecule has 9 heteroatoms. The zero-order valence-corrected chi connectivity index (χ0v) is 18.4. The molecule has 1 aromatic heterocycles. The molecule has 0 saturated carbocycles. The summed E-state index contributed by atoms with van der Waals surface area (Å²) < 4.78 is 0. The monoisotopic (exact) mass is 420 g/mol. The molecule has 2 aliphatic rings. The fourth-order valence-electron chi connectivity index (χ4n) is 3.62. The average molecular weight is 421 g/mol. The van der Waals surface area contributed by atoms with E-state index in [4.69, 9.17) is 4.99 Å². The minimum absolute atomic E-state index is 0.134. The number of hydrogen-bond acceptors (Lipinski definition) is 5. The average Bonchev–Trinajstić information content (AvgIpc) is 3.33. The highest BCUT2D eigenvalue weighted by Crippen LogP contribution is 2.23. The van der Waals surface area contributed by atoms with Crippen LogP contribution in [0.1, 0.15) is 33.6 Å². The number of urea groups is 1. The Labute approximate surface area is 176 Å². The highest BCUT2D eigenvalue weighted by atomic mass is 32.1. The number of rotatable bonds is 7. The Morgan fingerprint density at radius 2 is 2.03 bits per heavy atom. The third-order valence-electron chi connectivity index (χ3n) is 5.59. The van der Waals surface area contributed by atoms with Crippen molar-refractivity contribution in [3.05, 3.63) is 17.5 Å². The number of nitrogens with zero attached hydrogens (tertiary/aromatic N) is 4. The quantitative estimate of drug-likeness (QED) is 0.305. The number of thiophene rings is 1. The predicted octanol–water partition coefficient (Wildman–Crippen LogP) is 1.95. The molecule has 0 aromatic carbocycles. The van der Waals surface area contributed by atoms with Gasteiger partial charge in [-0.25, -0.2) is 4.79 Å². The standard InChI is InChI=1S/C20H32N6O2S/c1-4-20(3)17(27)26(19(28)23-20)10-7-9-22-18(21-5-2)25-13-11-24(12-14-25)16-8-6-15-29-16/h6,8,15H,4-5,7,9-14H2,1-3H3,(H,21,22)(H,23,28). The van der Waals surface area contributed by atoms with Crippen LogP contribution in [0.3, 0.4) is 0 Å². The van der Waals surface area contributed by atoms with Crippen molar-refractivity contribution in [1.29, 1.82) is 0 Å². The van der Waals surface area contributed by atoms with Crippen LogP contribution in [0.4, 0.5) is 9.80 Å². The Bertz CT molecular complexity index is 729. The number of imide groups is 1. The van der Waals surface area contributed by atoms with Gasteiger partial charge in [-0.1, -0.05) is 6.92 Å². The molecule has 2 aliphatic heterocycles. The van der Waals surface area contributed by atoms with Gasteiger partial charge >= 0.3 is 6.03 Å². The Morgan fingerprint density at radius 1 is 1.28 bits per heavy atom. The maximum absolute atomic E-state index is 12.5. The second-order valence-electron chi connectivity index (χ2n) is 7.59. The summed E-state index contributed by atoms with van der Waals surface area (Å²) in [5.74, 6) is 0.777. The number of carbonyl (C=O) groups is 2. The Balaban J connectivity index is 1.50. The minimum Gasteiger partial charge on any atom is -0.360 e. The molecular formula is C20H32N6O2S. The summed E-state index contributed by atoms with van der Waals surface area (Å²) in [5, 5.41) is 9.60. The van der Waals surface area contributed by atoms with Gasteiger partial charge in [0, 0.05) is 45.8 Å². The number of anilines is 1. The second-order valence-corrected chi connectivity index (χ2v) is 8.51. The van der Waals surface area contributed by atoms with Gasteiger partial charge in [0.05, 0.1) is 5.00 Å². The van der Waals surface area contributed by atoms with Crippen molar-refractivity contribution in [3.63, 3.8) is 0 Å². The van der Waals surface area contributed by atoms with Crippen molar-refractivity contribution >= 4 is 34.2 Å². The van der Waals surface area contributed by atoms with Crippen LogP contribution in [0.2, 0.25) is 0 Å². The molecule has 1 aromatic rings. The highest BCUT2D eigenvalue weighted by molar-refractivity contribution is 7.14. The molecule has 160 valence electrons. The lowest BCUT2D eigenvalue weighted by molar-refractivity contribution is -0.130. The van der Waals surface area contributed by atoms with Gasteiger partial charge in [-0.3, -0.25) is 14.7 Å². The number of guanidine groups is 1. The molecule has 2 saturated heterocycles. The first-order valence-corrected chi connectivity index (χ1v) is 11.3. The summed E-state index contributed by atoms with van der Waals surface area (Å²) in [4.78, 5) is 35.3. The van der Waals surface area contributed by atoms with Crippen LogP contribution in [0.5, 0.6) is 0 Å². The lowest BCUT2D eigenvalue weighted by Crippen LogP contribution is -2.52. The van der Waals surface area contributed by atoms with E-state index in [1.807, 2.05) is 6.92 Å². The molecule has 2 fully saturated rings. The number of amides is 3. The van der Waals surface area contributed by atoms with Gasteiger partial charge in [0.25, 0.3) is 5.91 Å². The zero-order valence-electron chi connectivity index (χ0n) is 17.6. The van der Waals surface area contributed by atoms with Crippen molar-refractivity contribution in [2.45, 2.75) is 39.2 Å². The van der Waals surface area contributed by atoms with Gasteiger partial charge in [-0.05, 0) is 44.2 Å². The van der Waals surface area contributed by atoms with E-state index in [1.54, 1.807) is 18.3 Å². The minimum atomic E-state index is -0.766. The molecular weight excluding hydrogens is 388 g/mol. The summed E-state index contributed by atoms with van der Waals surface area (Å²) in [6.45, 7) is 11.3. The summed E-state index contributed by atoms with van der Waals surface area (Å²) in [6, 6.07) is 3.96. The SMILES string of the molecule is CCNC(=NCCCN1C(=O)NC(C)(CC)C1=O)N1CCN(c2cccs2)CC1. The number of piperazine rings is 1. The maximum atomic E-state index is 12.5. The third-order valence-corrected chi connectivity index (χ3v) is 6.51. The van der Waals surface area contributed by atoms with E-state index in [0.29, 0.717) is 25.9 Å². The van der Waals surface area contributed by atoms with Crippen LogP contribution in [0.25, 0.3) is 0 Å². The van der Waals surface area contributed by atoms with E-state index in [1.165, 1.54) is 9.90 Å². The second kappa shape index (κ2) is 9.47. The van der Waals surface area contributed by atoms with Gasteiger partial charge < -0.3 is 20.4 Å². The molecule has 8 nitrogen and oxygen atoms in total. The van der Waals surface area contributed by atoms with E-state index in [2.05, 4.69) is 44.9 Å². The van der Waals surface area contributed by atoms with Gasteiger partial charge in [-0.15, -0.1) is 11.3 Å². The smallest absolute Gasteiger partial charge is 0.325 e. The van der Waals surface area contributed by atoms with E-state index in [0.717, 1.165) is 38.7 Å². The van der Waals surface area contributed by atoms with Gasteiger partial charge in [0.1, 0.15) is 5.54 Å². The first-order chi connectivity index (χ1) is 14.0. The van der Waals surface area contributed by atoms with Crippen LogP contribution in [-0.4, -0.2) is 79.0 Å². The predicted molar refractivity (Wildman–Crippen MR) is 118 cm³/mol. The Kier molecular flexibility index (Phi) is 7.00. The number of nitrogens with one attached hydrogen (secondary N) is 2. The number of aliphatic imine (C=N–C) groups is 1. The molecule has 3 heterocycles. The third kappa shape index (κ3) is 4.83. The number of carbonyl (C=O) groups excluding carboxylic acids is 2. The first kappa shape index (κ1) is 21.4. The summed E-state index contributed by atoms with van der Waals surface area (Å²) in [7, 11) is 0. The molecule has 0 bridgehead atoms. The molecule has 0 spiro atoms. The molecule has 1 unspecified atom stereocenters. The zero-order chi connectivity index (χ0) is 20.9. The Hall–Kier alpha value is -2.29. The van der Waals surface area contributed by atoms with Gasteiger partial charge in [0.2, 0.25) is 0 Å². The topological polar surface area (TPSA) is 80.3 Å². The fourth-order valence-corrected chi connectivity index (χ4v) is 4.40. The van der Waals surface area contributed by atoms with Crippen LogP contribution in [0, 0.1) is 0 Å². The molecule has 0 radical (unpaired) electrons. The van der Waals surface area contributed by atoms with E-state index in [-0.39, 0.29) is 11.9 Å². The van der Waals surface area contributed by atoms with Crippen LogP contribution in [0.15, 0.2) is 22.5 Å². The van der Waals surface area contributed by atoms with Crippen molar-refractivity contribution in [1.82, 2.24) is 20.4 Å². The number of hydrogen-bond donors (Lipinski definition) is 2. The van der Waals surface area contributed by atoms with Crippen LogP contribution < -0.4 is 15.5 Å². The van der Waals surface area contributed by atoms with E-state index < -0.39 is 5.54 Å². The Morgan fingerprint density at radius 3 is 2.62 bits per heavy atom. The highest BCUT2D eigenvalue weighted by Gasteiger charge is 2.45. The largest absolute Gasteiger partial charge is 0.360 e. The van der Waals surface area contributed by atoms with E-state index in [9.17, 15) is 9.59 Å². The van der Waals surface area contributed by atoms with Crippen molar-refractivity contribution in [2.24, 2.45) is 4.99 Å². The van der Waals surface area contributed by atoms with E-state index >= 15 is 0 Å². The van der Waals surface area contributed by atoms with Crippen molar-refractivity contribution in [2.75, 3.05) is 50.7 Å². The van der Waals surface area contributed by atoms with Gasteiger partial charge in [-0.2, -0.15) is 0 Å². The normalized spacial score (nSPS) is 23.0. The summed E-state index contributed by atoms with van der Waals surface area (Å²) >= 11 is 1.78. The first-order valence-electron chi connectivity index (χ1n) is 10.4. The molecule has 29 heavy (non-hydrogen) atoms. The lowest BCUT2D eigenvalue weighted by atomic mass is 9.99. The molecule has 0 aliphatic carbocycles. The molecule has 2 N–H and O–H groups in total. The fraction of sp³-hybridized carbons (Fsp3) is 0.650. The maximum Gasteiger partial charge on any atom is 0.325 e. The van der Waals surface area contributed by atoms with Crippen LogP contribution >= 0.6 is 11.3 Å². The molecule has 3 amide bonds. The van der Waals surface area contributed by atoms with Crippen molar-refractivity contribution < 1.29 is 9.59 Å². The lowest BCUT2D eigenvalue weighted by Gasteiger charge is -2.37.